The van der Waals surface area contributed by atoms with Gasteiger partial charge in [-0.1, -0.05) is 77.9 Å². The fourth-order valence-electron chi connectivity index (χ4n) is 3.85. The summed E-state index contributed by atoms with van der Waals surface area (Å²) in [5, 5.41) is 2.08. The molecule has 1 aliphatic rings. The molecular formula is C27H22BrO4P. The quantitative estimate of drug-likeness (QED) is 0.293. The number of para-hydroxylation sites is 1. The van der Waals surface area contributed by atoms with Crippen LogP contribution < -0.4 is 30.1 Å². The predicted octanol–water partition coefficient (Wildman–Crippen LogP) is 6.23. The van der Waals surface area contributed by atoms with Gasteiger partial charge in [0.15, 0.2) is 18.6 Å². The van der Waals surface area contributed by atoms with Gasteiger partial charge < -0.3 is 18.8 Å². The lowest BCUT2D eigenvalue weighted by molar-refractivity contribution is 0.171. The third-order valence-corrected chi connectivity index (χ3v) is 9.81. The van der Waals surface area contributed by atoms with Crippen LogP contribution in [0.2, 0.25) is 0 Å². The van der Waals surface area contributed by atoms with Crippen molar-refractivity contribution >= 4 is 39.0 Å². The number of fused-ring (bicyclic) bond motifs is 1. The molecule has 5 rings (SSSR count). The van der Waals surface area contributed by atoms with E-state index in [1.807, 2.05) is 98.8 Å². The summed E-state index contributed by atoms with van der Waals surface area (Å²) in [6.45, 7) is 4.10. The Kier molecular flexibility index (Phi) is 5.77. The second-order valence-electron chi connectivity index (χ2n) is 7.97. The molecule has 0 saturated heterocycles. The van der Waals surface area contributed by atoms with Crippen molar-refractivity contribution in [3.8, 4) is 23.0 Å². The van der Waals surface area contributed by atoms with Crippen LogP contribution in [0, 0.1) is 13.8 Å². The molecule has 0 fully saturated rings. The van der Waals surface area contributed by atoms with Crippen LogP contribution in [0.1, 0.15) is 11.1 Å². The lowest BCUT2D eigenvalue weighted by Gasteiger charge is -2.23. The molecule has 4 nitrogen and oxygen atoms in total. The maximum absolute atomic E-state index is 15.1. The summed E-state index contributed by atoms with van der Waals surface area (Å²) in [6, 6.07) is 26.9. The number of benzene rings is 4. The van der Waals surface area contributed by atoms with Crippen LogP contribution in [-0.4, -0.2) is 6.79 Å². The van der Waals surface area contributed by atoms with E-state index in [4.69, 9.17) is 14.2 Å². The van der Waals surface area contributed by atoms with Gasteiger partial charge in [0.05, 0.1) is 4.47 Å². The molecule has 4 aromatic carbocycles. The molecule has 0 bridgehead atoms. The molecule has 0 N–H and O–H groups in total. The minimum atomic E-state index is -3.28. The Balaban J connectivity index is 1.76. The van der Waals surface area contributed by atoms with Gasteiger partial charge in [-0.3, -0.25) is 0 Å². The first-order valence-electron chi connectivity index (χ1n) is 10.6. The van der Waals surface area contributed by atoms with Gasteiger partial charge in [-0.05, 0) is 48.0 Å². The molecule has 4 aromatic rings. The molecule has 0 saturated carbocycles. The zero-order chi connectivity index (χ0) is 23.0. The number of hydrogen-bond acceptors (Lipinski definition) is 4. The molecular weight excluding hydrogens is 499 g/mol. The van der Waals surface area contributed by atoms with E-state index in [1.165, 1.54) is 0 Å². The summed E-state index contributed by atoms with van der Waals surface area (Å²) in [5.74, 6) is 2.11. The summed E-state index contributed by atoms with van der Waals surface area (Å²) in [7, 11) is -3.28. The molecule has 0 unspecified atom stereocenters. The zero-order valence-electron chi connectivity index (χ0n) is 18.2. The van der Waals surface area contributed by atoms with Crippen molar-refractivity contribution in [2.24, 2.45) is 0 Å². The molecule has 166 valence electrons. The molecule has 6 heteroatoms. The zero-order valence-corrected chi connectivity index (χ0v) is 20.7. The van der Waals surface area contributed by atoms with Gasteiger partial charge in [-0.15, -0.1) is 0 Å². The van der Waals surface area contributed by atoms with Crippen molar-refractivity contribution in [1.82, 2.24) is 0 Å². The van der Waals surface area contributed by atoms with Gasteiger partial charge in [-0.25, -0.2) is 0 Å². The van der Waals surface area contributed by atoms with Gasteiger partial charge >= 0.3 is 0 Å². The van der Waals surface area contributed by atoms with Crippen LogP contribution in [0.25, 0.3) is 0 Å². The second-order valence-corrected chi connectivity index (χ2v) is 11.5. The Bertz CT molecular complexity index is 1300. The first-order valence-corrected chi connectivity index (χ1v) is 13.1. The number of halogens is 1. The molecule has 0 atom stereocenters. The van der Waals surface area contributed by atoms with Crippen molar-refractivity contribution in [2.75, 3.05) is 6.79 Å². The third kappa shape index (κ3) is 3.96. The van der Waals surface area contributed by atoms with E-state index in [1.54, 1.807) is 0 Å². The predicted molar refractivity (Wildman–Crippen MR) is 136 cm³/mol. The van der Waals surface area contributed by atoms with Crippen LogP contribution in [0.3, 0.4) is 0 Å². The maximum Gasteiger partial charge on any atom is 0.231 e. The number of aryl methyl sites for hydroxylation is 2. The molecule has 0 aliphatic carbocycles. The number of rotatable bonds is 5. The lowest BCUT2D eigenvalue weighted by atomic mass is 10.2. The molecule has 0 amide bonds. The summed E-state index contributed by atoms with van der Waals surface area (Å²) >= 11 is 3.68. The summed E-state index contributed by atoms with van der Waals surface area (Å²) in [5.41, 5.74) is 2.21. The third-order valence-electron chi connectivity index (χ3n) is 5.63. The van der Waals surface area contributed by atoms with Crippen LogP contribution in [0.4, 0.5) is 0 Å². The van der Waals surface area contributed by atoms with Crippen LogP contribution in [0.15, 0.2) is 89.4 Å². The summed E-state index contributed by atoms with van der Waals surface area (Å²) in [4.78, 5) is 0. The van der Waals surface area contributed by atoms with Gasteiger partial charge in [-0.2, -0.15) is 0 Å². The van der Waals surface area contributed by atoms with Crippen molar-refractivity contribution in [3.05, 3.63) is 101 Å². The molecule has 0 spiro atoms. The van der Waals surface area contributed by atoms with E-state index in [9.17, 15) is 0 Å². The van der Waals surface area contributed by atoms with Crippen LogP contribution in [0.5, 0.6) is 23.0 Å². The van der Waals surface area contributed by atoms with Gasteiger partial charge in [0.25, 0.3) is 0 Å². The molecule has 0 aromatic heterocycles. The van der Waals surface area contributed by atoms with Crippen molar-refractivity contribution in [3.63, 3.8) is 0 Å². The fourth-order valence-corrected chi connectivity index (χ4v) is 7.68. The van der Waals surface area contributed by atoms with E-state index >= 15 is 4.57 Å². The van der Waals surface area contributed by atoms with Crippen LogP contribution in [-0.2, 0) is 4.57 Å². The SMILES string of the molecule is Cc1ccc(P(=O)(c2ccc(C)cc2)c2cc(Oc3ccccc3)c3c(c2Br)OCO3)cc1. The van der Waals surface area contributed by atoms with Crippen molar-refractivity contribution in [1.29, 1.82) is 0 Å². The Labute approximate surface area is 201 Å². The monoisotopic (exact) mass is 520 g/mol. The highest BCUT2D eigenvalue weighted by molar-refractivity contribution is 9.10. The molecule has 1 heterocycles. The van der Waals surface area contributed by atoms with Crippen molar-refractivity contribution in [2.45, 2.75) is 13.8 Å². The fraction of sp³-hybridized carbons (Fsp3) is 0.111. The number of hydrogen-bond donors (Lipinski definition) is 0. The van der Waals surface area contributed by atoms with E-state index in [0.29, 0.717) is 32.8 Å². The highest BCUT2D eigenvalue weighted by atomic mass is 79.9. The average molecular weight is 521 g/mol. The van der Waals surface area contributed by atoms with Gasteiger partial charge in [0, 0.05) is 15.9 Å². The maximum atomic E-state index is 15.1. The topological polar surface area (TPSA) is 44.8 Å². The summed E-state index contributed by atoms with van der Waals surface area (Å²) < 4.78 is 33.4. The first kappa shape index (κ1) is 21.8. The van der Waals surface area contributed by atoms with E-state index in [0.717, 1.165) is 21.7 Å². The first-order chi connectivity index (χ1) is 16.0. The Morgan fingerprint density at radius 3 is 1.91 bits per heavy atom. The summed E-state index contributed by atoms with van der Waals surface area (Å²) in [6.07, 6.45) is 0. The molecule has 33 heavy (non-hydrogen) atoms. The van der Waals surface area contributed by atoms with E-state index in [2.05, 4.69) is 15.9 Å². The highest BCUT2D eigenvalue weighted by Gasteiger charge is 2.37. The second kappa shape index (κ2) is 8.74. The minimum Gasteiger partial charge on any atom is -0.453 e. The van der Waals surface area contributed by atoms with E-state index in [-0.39, 0.29) is 6.79 Å². The molecule has 1 aliphatic heterocycles. The Hall–Kier alpha value is -3.01. The smallest absolute Gasteiger partial charge is 0.231 e. The van der Waals surface area contributed by atoms with Gasteiger partial charge in [0.1, 0.15) is 5.75 Å². The van der Waals surface area contributed by atoms with Crippen LogP contribution >= 0.6 is 23.1 Å². The molecule has 0 radical (unpaired) electrons. The standard InChI is InChI=1S/C27H22BrO4P/c1-18-8-12-21(13-9-18)33(29,22-14-10-19(2)11-15-22)24-16-23(32-20-6-4-3-5-7-20)26-27(25(24)28)31-17-30-26/h3-16H,17H2,1-2H3. The lowest BCUT2D eigenvalue weighted by Crippen LogP contribution is -2.26. The Morgan fingerprint density at radius 2 is 1.33 bits per heavy atom. The van der Waals surface area contributed by atoms with Gasteiger partial charge in [0.2, 0.25) is 12.5 Å². The van der Waals surface area contributed by atoms with Crippen molar-refractivity contribution < 1.29 is 18.8 Å². The minimum absolute atomic E-state index is 0.0713. The Morgan fingerprint density at radius 1 is 0.788 bits per heavy atom. The van der Waals surface area contributed by atoms with E-state index < -0.39 is 7.14 Å². The number of ether oxygens (including phenoxy) is 3. The average Bonchev–Trinajstić information content (AvgIpc) is 3.33. The normalized spacial score (nSPS) is 12.6. The highest BCUT2D eigenvalue weighted by Crippen LogP contribution is 2.53. The largest absolute Gasteiger partial charge is 0.453 e.